The second kappa shape index (κ2) is 6.43. The van der Waals surface area contributed by atoms with E-state index in [1.54, 1.807) is 13.1 Å². The van der Waals surface area contributed by atoms with Gasteiger partial charge in [-0.05, 0) is 43.3 Å². The summed E-state index contributed by atoms with van der Waals surface area (Å²) >= 11 is 5.92. The monoisotopic (exact) mass is 323 g/mol. The van der Waals surface area contributed by atoms with Crippen molar-refractivity contribution in [2.75, 3.05) is 0 Å². The second-order valence-electron chi connectivity index (χ2n) is 4.75. The van der Waals surface area contributed by atoms with Crippen LogP contribution in [0.3, 0.4) is 0 Å². The van der Waals surface area contributed by atoms with E-state index in [1.807, 2.05) is 41.0 Å². The zero-order valence-electron chi connectivity index (χ0n) is 11.4. The first kappa shape index (κ1) is 15.8. The smallest absolute Gasteiger partial charge is 0.160 e. The maximum absolute atomic E-state index is 9.70. The summed E-state index contributed by atoms with van der Waals surface area (Å²) < 4.78 is 1.93. The number of hydrogen-bond donors (Lipinski definition) is 1. The van der Waals surface area contributed by atoms with E-state index in [9.17, 15) is 5.11 Å². The Balaban J connectivity index is 0.00000161. The van der Waals surface area contributed by atoms with Gasteiger partial charge in [-0.15, -0.1) is 12.4 Å². The molecule has 0 saturated heterocycles. The van der Waals surface area contributed by atoms with E-state index in [-0.39, 0.29) is 12.4 Å². The van der Waals surface area contributed by atoms with Gasteiger partial charge in [0, 0.05) is 16.8 Å². The molecule has 0 radical (unpaired) electrons. The Morgan fingerprint density at radius 1 is 1.24 bits per heavy atom. The largest absolute Gasteiger partial charge is 0.392 e. The molecule has 21 heavy (non-hydrogen) atoms. The van der Waals surface area contributed by atoms with E-state index < -0.39 is 6.10 Å². The molecule has 110 valence electrons. The summed E-state index contributed by atoms with van der Waals surface area (Å²) in [5.41, 5.74) is 2.55. The van der Waals surface area contributed by atoms with Gasteiger partial charge in [-0.1, -0.05) is 11.6 Å². The summed E-state index contributed by atoms with van der Waals surface area (Å²) in [6.07, 6.45) is 1.26. The lowest BCUT2D eigenvalue weighted by molar-refractivity contribution is 0.175. The molecule has 4 nitrogen and oxygen atoms in total. The number of halogens is 2. The summed E-state index contributed by atoms with van der Waals surface area (Å²) in [6, 6.07) is 11.3. The van der Waals surface area contributed by atoms with E-state index in [0.717, 1.165) is 22.6 Å². The highest BCUT2D eigenvalue weighted by Crippen LogP contribution is 2.25. The quantitative estimate of drug-likeness (QED) is 0.801. The molecule has 0 spiro atoms. The van der Waals surface area contributed by atoms with E-state index in [1.165, 1.54) is 0 Å². The molecule has 2 heterocycles. The Kier molecular flexibility index (Phi) is 4.83. The highest BCUT2D eigenvalue weighted by atomic mass is 35.5. The summed E-state index contributed by atoms with van der Waals surface area (Å²) in [5.74, 6) is 0.788. The molecule has 1 unspecified atom stereocenters. The molecule has 2 aromatic heterocycles. The molecule has 0 saturated carbocycles. The molecule has 0 aliphatic heterocycles. The van der Waals surface area contributed by atoms with Crippen molar-refractivity contribution >= 4 is 35.2 Å². The topological polar surface area (TPSA) is 50.9 Å². The van der Waals surface area contributed by atoms with Crippen LogP contribution in [-0.2, 0) is 6.54 Å². The van der Waals surface area contributed by atoms with Gasteiger partial charge in [-0.3, -0.25) is 0 Å². The van der Waals surface area contributed by atoms with Crippen LogP contribution in [0, 0.1) is 0 Å². The van der Waals surface area contributed by atoms with Crippen LogP contribution in [0.2, 0.25) is 5.02 Å². The van der Waals surface area contributed by atoms with Gasteiger partial charge >= 0.3 is 0 Å². The van der Waals surface area contributed by atoms with Gasteiger partial charge in [0.1, 0.15) is 11.3 Å². The first-order valence-corrected chi connectivity index (χ1v) is 6.78. The van der Waals surface area contributed by atoms with Gasteiger partial charge in [0.2, 0.25) is 0 Å². The van der Waals surface area contributed by atoms with Gasteiger partial charge in [0.15, 0.2) is 5.65 Å². The van der Waals surface area contributed by atoms with Crippen LogP contribution in [0.5, 0.6) is 0 Å². The fraction of sp³-hybridized carbons (Fsp3) is 0.200. The third kappa shape index (κ3) is 3.18. The average Bonchev–Trinajstić information content (AvgIpc) is 2.78. The third-order valence-corrected chi connectivity index (χ3v) is 3.30. The van der Waals surface area contributed by atoms with Crippen molar-refractivity contribution in [1.82, 2.24) is 14.5 Å². The van der Waals surface area contributed by atoms with Gasteiger partial charge in [-0.2, -0.15) is 0 Å². The summed E-state index contributed by atoms with van der Waals surface area (Å²) in [5, 5.41) is 10.4. The lowest BCUT2D eigenvalue weighted by Gasteiger charge is -2.10. The Hall–Kier alpha value is -1.62. The van der Waals surface area contributed by atoms with Crippen LogP contribution in [0.25, 0.3) is 22.6 Å². The first-order chi connectivity index (χ1) is 9.65. The van der Waals surface area contributed by atoms with E-state index in [2.05, 4.69) is 9.97 Å². The van der Waals surface area contributed by atoms with Gasteiger partial charge in [0.05, 0.1) is 12.6 Å². The van der Waals surface area contributed by atoms with Gasteiger partial charge < -0.3 is 9.67 Å². The molecule has 0 bridgehead atoms. The summed E-state index contributed by atoms with van der Waals surface area (Å²) in [4.78, 5) is 8.97. The molecular formula is C15H15Cl2N3O. The lowest BCUT2D eigenvalue weighted by Crippen LogP contribution is -2.13. The third-order valence-electron chi connectivity index (χ3n) is 3.05. The van der Waals surface area contributed by atoms with Gasteiger partial charge in [0.25, 0.3) is 0 Å². The normalized spacial score (nSPS) is 12.1. The molecule has 0 aliphatic rings. The zero-order chi connectivity index (χ0) is 14.1. The highest BCUT2D eigenvalue weighted by Gasteiger charge is 2.14. The number of nitrogens with zero attached hydrogens (tertiary/aromatic N) is 3. The molecule has 0 amide bonds. The lowest BCUT2D eigenvalue weighted by atomic mass is 10.2. The fourth-order valence-corrected chi connectivity index (χ4v) is 2.34. The van der Waals surface area contributed by atoms with E-state index >= 15 is 0 Å². The minimum atomic E-state index is -0.472. The average molecular weight is 324 g/mol. The maximum atomic E-state index is 9.70. The predicted octanol–water partition coefficient (Wildman–Crippen LogP) is 3.55. The molecule has 6 heteroatoms. The van der Waals surface area contributed by atoms with Crippen LogP contribution in [0.15, 0.2) is 42.6 Å². The number of imidazole rings is 1. The maximum Gasteiger partial charge on any atom is 0.160 e. The van der Waals surface area contributed by atoms with Crippen molar-refractivity contribution in [3.8, 4) is 11.4 Å². The Labute approximate surface area is 133 Å². The Morgan fingerprint density at radius 3 is 2.62 bits per heavy atom. The van der Waals surface area contributed by atoms with Crippen LogP contribution in [-0.4, -0.2) is 25.7 Å². The molecule has 1 N–H and O–H groups in total. The molecular weight excluding hydrogens is 309 g/mol. The zero-order valence-corrected chi connectivity index (χ0v) is 13.0. The van der Waals surface area contributed by atoms with Crippen molar-refractivity contribution in [2.45, 2.75) is 19.6 Å². The van der Waals surface area contributed by atoms with E-state index in [0.29, 0.717) is 11.6 Å². The van der Waals surface area contributed by atoms with E-state index in [4.69, 9.17) is 11.6 Å². The molecule has 0 aliphatic carbocycles. The minimum Gasteiger partial charge on any atom is -0.392 e. The highest BCUT2D eigenvalue weighted by molar-refractivity contribution is 6.30. The Morgan fingerprint density at radius 2 is 1.95 bits per heavy atom. The standard InChI is InChI=1S/C15H14ClN3O.ClH/c1-10(20)9-19-14(11-4-6-12(16)7-5-11)18-13-3-2-8-17-15(13)19;/h2-8,10,20H,9H2,1H3;1H. The van der Waals surface area contributed by atoms with Crippen molar-refractivity contribution in [1.29, 1.82) is 0 Å². The number of pyridine rings is 1. The van der Waals surface area contributed by atoms with Crippen molar-refractivity contribution in [2.24, 2.45) is 0 Å². The molecule has 3 aromatic rings. The fourth-order valence-electron chi connectivity index (χ4n) is 2.21. The SMILES string of the molecule is CC(O)Cn1c(-c2ccc(Cl)cc2)nc2cccnc21.Cl. The molecule has 1 aromatic carbocycles. The van der Waals surface area contributed by atoms with Gasteiger partial charge in [-0.25, -0.2) is 9.97 Å². The Bertz CT molecular complexity index is 738. The molecule has 3 rings (SSSR count). The molecule has 1 atom stereocenters. The number of aliphatic hydroxyl groups is 1. The number of benzene rings is 1. The number of aromatic nitrogens is 3. The summed E-state index contributed by atoms with van der Waals surface area (Å²) in [6.45, 7) is 2.20. The van der Waals surface area contributed by atoms with Crippen LogP contribution in [0.4, 0.5) is 0 Å². The van der Waals surface area contributed by atoms with Crippen molar-refractivity contribution in [3.05, 3.63) is 47.6 Å². The second-order valence-corrected chi connectivity index (χ2v) is 5.18. The number of aliphatic hydroxyl groups excluding tert-OH is 1. The minimum absolute atomic E-state index is 0. The summed E-state index contributed by atoms with van der Waals surface area (Å²) in [7, 11) is 0. The van der Waals surface area contributed by atoms with Crippen LogP contribution in [0.1, 0.15) is 6.92 Å². The number of fused-ring (bicyclic) bond motifs is 1. The predicted molar refractivity (Wildman–Crippen MR) is 86.9 cm³/mol. The first-order valence-electron chi connectivity index (χ1n) is 6.40. The number of rotatable bonds is 3. The van der Waals surface area contributed by atoms with Crippen molar-refractivity contribution < 1.29 is 5.11 Å². The molecule has 0 fully saturated rings. The van der Waals surface area contributed by atoms with Crippen LogP contribution < -0.4 is 0 Å². The van der Waals surface area contributed by atoms with Crippen LogP contribution >= 0.6 is 24.0 Å². The van der Waals surface area contributed by atoms with Crippen molar-refractivity contribution in [3.63, 3.8) is 0 Å². The number of hydrogen-bond acceptors (Lipinski definition) is 3.